The number of benzene rings is 1. The van der Waals surface area contributed by atoms with Crippen molar-refractivity contribution >= 4 is 38.1 Å². The molecule has 7 nitrogen and oxygen atoms in total. The third-order valence-corrected chi connectivity index (χ3v) is 3.54. The highest BCUT2D eigenvalue weighted by molar-refractivity contribution is 7.92. The summed E-state index contributed by atoms with van der Waals surface area (Å²) in [6.45, 7) is 1.78. The van der Waals surface area contributed by atoms with E-state index in [9.17, 15) is 13.2 Å². The maximum Gasteiger partial charge on any atom is 0.257 e. The van der Waals surface area contributed by atoms with Crippen molar-refractivity contribution in [3.8, 4) is 0 Å². The zero-order valence-electron chi connectivity index (χ0n) is 10.7. The van der Waals surface area contributed by atoms with Gasteiger partial charge < -0.3 is 0 Å². The molecule has 0 aliphatic rings. The molecule has 2 rings (SSSR count). The first-order valence-electron chi connectivity index (χ1n) is 5.53. The number of aryl methyl sites for hydroxylation is 1. The molecule has 0 radical (unpaired) electrons. The van der Waals surface area contributed by atoms with Gasteiger partial charge in [-0.25, -0.2) is 8.42 Å². The fourth-order valence-corrected chi connectivity index (χ4v) is 2.60. The van der Waals surface area contributed by atoms with Gasteiger partial charge in [0.05, 0.1) is 6.26 Å². The van der Waals surface area contributed by atoms with Crippen molar-refractivity contribution in [1.82, 2.24) is 10.2 Å². The molecule has 0 aliphatic heterocycles. The molecule has 0 spiro atoms. The van der Waals surface area contributed by atoms with Crippen LogP contribution in [0.4, 0.5) is 10.8 Å². The molecule has 0 aliphatic carbocycles. The third kappa shape index (κ3) is 4.00. The van der Waals surface area contributed by atoms with Crippen LogP contribution in [0.2, 0.25) is 0 Å². The van der Waals surface area contributed by atoms with Gasteiger partial charge in [-0.2, -0.15) is 0 Å². The van der Waals surface area contributed by atoms with Crippen LogP contribution in [0.1, 0.15) is 15.4 Å². The molecule has 1 amide bonds. The van der Waals surface area contributed by atoms with E-state index < -0.39 is 10.0 Å². The van der Waals surface area contributed by atoms with E-state index in [1.54, 1.807) is 25.1 Å². The summed E-state index contributed by atoms with van der Waals surface area (Å²) in [6, 6.07) is 6.18. The van der Waals surface area contributed by atoms with Crippen LogP contribution in [0.5, 0.6) is 0 Å². The first-order valence-corrected chi connectivity index (χ1v) is 8.23. The Hall–Kier alpha value is -2.00. The lowest BCUT2D eigenvalue weighted by Gasteiger charge is -2.06. The second kappa shape index (κ2) is 5.55. The van der Waals surface area contributed by atoms with Crippen LogP contribution >= 0.6 is 11.3 Å². The molecule has 0 bridgehead atoms. The molecule has 0 saturated heterocycles. The second-order valence-electron chi connectivity index (χ2n) is 4.04. The molecule has 106 valence electrons. The van der Waals surface area contributed by atoms with Crippen molar-refractivity contribution in [2.45, 2.75) is 6.92 Å². The van der Waals surface area contributed by atoms with Crippen molar-refractivity contribution in [2.24, 2.45) is 0 Å². The lowest BCUT2D eigenvalue weighted by atomic mass is 10.2. The fourth-order valence-electron chi connectivity index (χ4n) is 1.45. The molecule has 9 heteroatoms. The monoisotopic (exact) mass is 312 g/mol. The molecular weight excluding hydrogens is 300 g/mol. The van der Waals surface area contributed by atoms with Gasteiger partial charge in [-0.3, -0.25) is 14.8 Å². The molecule has 20 heavy (non-hydrogen) atoms. The number of carbonyl (C=O) groups is 1. The Morgan fingerprint density at radius 3 is 2.65 bits per heavy atom. The van der Waals surface area contributed by atoms with Crippen LogP contribution in [0.3, 0.4) is 0 Å². The predicted molar refractivity (Wildman–Crippen MR) is 77.5 cm³/mol. The normalized spacial score (nSPS) is 11.1. The number of anilines is 2. The second-order valence-corrected chi connectivity index (χ2v) is 6.97. The standard InChI is InChI=1S/C11H12N4O3S2/c1-7-13-14-11(19-7)12-10(16)8-4-3-5-9(6-8)15-20(2,17)18/h3-6,15H,1-2H3,(H,12,14,16). The van der Waals surface area contributed by atoms with Gasteiger partial charge in [0.2, 0.25) is 15.2 Å². The van der Waals surface area contributed by atoms with E-state index in [0.717, 1.165) is 11.3 Å². The van der Waals surface area contributed by atoms with Crippen molar-refractivity contribution in [2.75, 3.05) is 16.3 Å². The van der Waals surface area contributed by atoms with Gasteiger partial charge in [0.15, 0.2) is 0 Å². The van der Waals surface area contributed by atoms with E-state index >= 15 is 0 Å². The lowest BCUT2D eigenvalue weighted by molar-refractivity contribution is 0.102. The number of amides is 1. The number of aromatic nitrogens is 2. The average Bonchev–Trinajstić information content (AvgIpc) is 2.73. The van der Waals surface area contributed by atoms with E-state index in [1.807, 2.05) is 0 Å². The minimum Gasteiger partial charge on any atom is -0.296 e. The SMILES string of the molecule is Cc1nnc(NC(=O)c2cccc(NS(C)(=O)=O)c2)s1. The van der Waals surface area contributed by atoms with Crippen LogP contribution < -0.4 is 10.0 Å². The summed E-state index contributed by atoms with van der Waals surface area (Å²) in [4.78, 5) is 12.0. The number of carbonyl (C=O) groups excluding carboxylic acids is 1. The molecule has 1 aromatic heterocycles. The summed E-state index contributed by atoms with van der Waals surface area (Å²) < 4.78 is 24.6. The Morgan fingerprint density at radius 1 is 1.30 bits per heavy atom. The van der Waals surface area contributed by atoms with Gasteiger partial charge in [0.25, 0.3) is 5.91 Å². The number of nitrogens with one attached hydrogen (secondary N) is 2. The number of rotatable bonds is 4. The summed E-state index contributed by atoms with van der Waals surface area (Å²) >= 11 is 1.26. The Balaban J connectivity index is 2.16. The van der Waals surface area contributed by atoms with Gasteiger partial charge in [0, 0.05) is 11.3 Å². The van der Waals surface area contributed by atoms with E-state index in [-0.39, 0.29) is 5.91 Å². The van der Waals surface area contributed by atoms with Crippen molar-refractivity contribution in [3.63, 3.8) is 0 Å². The zero-order valence-corrected chi connectivity index (χ0v) is 12.4. The van der Waals surface area contributed by atoms with Crippen molar-refractivity contribution in [1.29, 1.82) is 0 Å². The Kier molecular flexibility index (Phi) is 4.00. The highest BCUT2D eigenvalue weighted by atomic mass is 32.2. The summed E-state index contributed by atoms with van der Waals surface area (Å²) in [5.41, 5.74) is 0.653. The van der Waals surface area contributed by atoms with Gasteiger partial charge in [-0.05, 0) is 25.1 Å². The molecule has 1 heterocycles. The summed E-state index contributed by atoms with van der Waals surface area (Å²) in [7, 11) is -3.38. The lowest BCUT2D eigenvalue weighted by Crippen LogP contribution is -2.13. The van der Waals surface area contributed by atoms with Crippen LogP contribution in [-0.2, 0) is 10.0 Å². The van der Waals surface area contributed by atoms with E-state index in [1.165, 1.54) is 17.4 Å². The summed E-state index contributed by atoms with van der Waals surface area (Å²) in [6.07, 6.45) is 1.05. The Morgan fingerprint density at radius 2 is 2.05 bits per heavy atom. The highest BCUT2D eigenvalue weighted by Gasteiger charge is 2.10. The summed E-state index contributed by atoms with van der Waals surface area (Å²) in [5.74, 6) is -0.377. The van der Waals surface area contributed by atoms with Crippen molar-refractivity contribution in [3.05, 3.63) is 34.8 Å². The van der Waals surface area contributed by atoms with E-state index in [2.05, 4.69) is 20.2 Å². The molecular formula is C11H12N4O3S2. The quantitative estimate of drug-likeness (QED) is 0.890. The smallest absolute Gasteiger partial charge is 0.257 e. The fraction of sp³-hybridized carbons (Fsp3) is 0.182. The van der Waals surface area contributed by atoms with E-state index in [0.29, 0.717) is 16.4 Å². The van der Waals surface area contributed by atoms with Crippen LogP contribution in [0, 0.1) is 6.92 Å². The molecule has 2 aromatic rings. The highest BCUT2D eigenvalue weighted by Crippen LogP contribution is 2.17. The largest absolute Gasteiger partial charge is 0.296 e. The number of hydrogen-bond donors (Lipinski definition) is 2. The summed E-state index contributed by atoms with van der Waals surface area (Å²) in [5, 5.41) is 11.3. The molecule has 1 aromatic carbocycles. The number of hydrogen-bond acceptors (Lipinski definition) is 6. The topological polar surface area (TPSA) is 101 Å². The first kappa shape index (κ1) is 14.4. The molecule has 0 unspecified atom stereocenters. The number of nitrogens with zero attached hydrogens (tertiary/aromatic N) is 2. The maximum atomic E-state index is 12.0. The minimum absolute atomic E-state index is 0.325. The van der Waals surface area contributed by atoms with Crippen LogP contribution in [-0.4, -0.2) is 30.8 Å². The van der Waals surface area contributed by atoms with Crippen LogP contribution in [0.25, 0.3) is 0 Å². The van der Waals surface area contributed by atoms with Gasteiger partial charge >= 0.3 is 0 Å². The van der Waals surface area contributed by atoms with E-state index in [4.69, 9.17) is 0 Å². The maximum absolute atomic E-state index is 12.0. The van der Waals surface area contributed by atoms with Crippen LogP contribution in [0.15, 0.2) is 24.3 Å². The van der Waals surface area contributed by atoms with Gasteiger partial charge in [0.1, 0.15) is 5.01 Å². The van der Waals surface area contributed by atoms with Crippen molar-refractivity contribution < 1.29 is 13.2 Å². The molecule has 0 saturated carbocycles. The molecule has 0 atom stereocenters. The predicted octanol–water partition coefficient (Wildman–Crippen LogP) is 1.47. The molecule has 0 fully saturated rings. The Bertz CT molecular complexity index is 740. The number of sulfonamides is 1. The van der Waals surface area contributed by atoms with Gasteiger partial charge in [-0.1, -0.05) is 17.4 Å². The van der Waals surface area contributed by atoms with Gasteiger partial charge in [-0.15, -0.1) is 10.2 Å². The minimum atomic E-state index is -3.38. The zero-order chi connectivity index (χ0) is 14.8. The Labute approximate surface area is 120 Å². The first-order chi connectivity index (χ1) is 9.33. The third-order valence-electron chi connectivity index (χ3n) is 2.17. The average molecular weight is 312 g/mol. The molecule has 2 N–H and O–H groups in total.